The maximum absolute atomic E-state index is 11.7. The van der Waals surface area contributed by atoms with E-state index in [2.05, 4.69) is 5.10 Å². The lowest BCUT2D eigenvalue weighted by Crippen LogP contribution is -2.32. The first kappa shape index (κ1) is 12.4. The lowest BCUT2D eigenvalue weighted by Gasteiger charge is -2.15. The van der Waals surface area contributed by atoms with Crippen molar-refractivity contribution in [2.24, 2.45) is 0 Å². The van der Waals surface area contributed by atoms with Gasteiger partial charge in [0.2, 0.25) is 5.91 Å². The van der Waals surface area contributed by atoms with E-state index < -0.39 is 9.05 Å². The molecule has 1 aliphatic carbocycles. The third-order valence-corrected chi connectivity index (χ3v) is 3.98. The van der Waals surface area contributed by atoms with Crippen LogP contribution in [0.2, 0.25) is 0 Å². The van der Waals surface area contributed by atoms with Gasteiger partial charge in [-0.2, -0.15) is 5.10 Å². The van der Waals surface area contributed by atoms with E-state index in [9.17, 15) is 13.2 Å². The van der Waals surface area contributed by atoms with Gasteiger partial charge in [0.1, 0.15) is 11.4 Å². The molecule has 17 heavy (non-hydrogen) atoms. The molecule has 1 saturated carbocycles. The predicted molar refractivity (Wildman–Crippen MR) is 61.1 cm³/mol. The highest BCUT2D eigenvalue weighted by molar-refractivity contribution is 8.13. The van der Waals surface area contributed by atoms with Crippen LogP contribution in [0.3, 0.4) is 0 Å². The van der Waals surface area contributed by atoms with E-state index in [0.29, 0.717) is 6.04 Å². The summed E-state index contributed by atoms with van der Waals surface area (Å²) >= 11 is 0. The smallest absolute Gasteiger partial charge is 0.264 e. The Morgan fingerprint density at radius 1 is 1.65 bits per heavy atom. The van der Waals surface area contributed by atoms with Gasteiger partial charge in [-0.1, -0.05) is 0 Å². The predicted octanol–water partition coefficient (Wildman–Crippen LogP) is 0.431. The van der Waals surface area contributed by atoms with Crippen molar-refractivity contribution in [3.63, 3.8) is 0 Å². The fourth-order valence-electron chi connectivity index (χ4n) is 1.47. The van der Waals surface area contributed by atoms with E-state index in [1.165, 1.54) is 10.9 Å². The lowest BCUT2D eigenvalue weighted by molar-refractivity contribution is -0.131. The van der Waals surface area contributed by atoms with Gasteiger partial charge in [-0.25, -0.2) is 8.42 Å². The number of rotatable bonds is 4. The first-order valence-corrected chi connectivity index (χ1v) is 7.41. The molecule has 1 aromatic heterocycles. The van der Waals surface area contributed by atoms with Crippen LogP contribution in [-0.2, 0) is 20.4 Å². The number of carbonyl (C=O) groups excluding carboxylic acids is 1. The minimum Gasteiger partial charge on any atom is -0.341 e. The van der Waals surface area contributed by atoms with Crippen LogP contribution in [0.15, 0.2) is 17.3 Å². The number of likely N-dealkylation sites (N-methyl/N-ethyl adjacent to an activating group) is 1. The van der Waals surface area contributed by atoms with Crippen molar-refractivity contribution in [2.45, 2.75) is 30.3 Å². The summed E-state index contributed by atoms with van der Waals surface area (Å²) in [7, 11) is 3.12. The Labute approximate surface area is 104 Å². The summed E-state index contributed by atoms with van der Waals surface area (Å²) in [6.07, 6.45) is 4.44. The molecule has 0 spiro atoms. The molecule has 0 aromatic carbocycles. The van der Waals surface area contributed by atoms with E-state index in [0.717, 1.165) is 19.0 Å². The van der Waals surface area contributed by atoms with Crippen molar-refractivity contribution >= 4 is 25.6 Å². The average molecular weight is 278 g/mol. The van der Waals surface area contributed by atoms with Gasteiger partial charge < -0.3 is 4.90 Å². The van der Waals surface area contributed by atoms with Crippen LogP contribution < -0.4 is 0 Å². The summed E-state index contributed by atoms with van der Waals surface area (Å²) < 4.78 is 23.3. The molecule has 0 bridgehead atoms. The zero-order valence-corrected chi connectivity index (χ0v) is 10.8. The second-order valence-corrected chi connectivity index (χ2v) is 6.61. The quantitative estimate of drug-likeness (QED) is 0.748. The Bertz CT molecular complexity index is 535. The zero-order chi connectivity index (χ0) is 12.6. The summed E-state index contributed by atoms with van der Waals surface area (Å²) in [5, 5.41) is 3.79. The summed E-state index contributed by atoms with van der Waals surface area (Å²) in [4.78, 5) is 13.3. The maximum Gasteiger partial charge on any atom is 0.264 e. The molecule has 8 heteroatoms. The lowest BCUT2D eigenvalue weighted by atomic mass is 10.5. The van der Waals surface area contributed by atoms with Crippen LogP contribution in [0.1, 0.15) is 12.8 Å². The molecule has 1 amide bonds. The van der Waals surface area contributed by atoms with Gasteiger partial charge in [0.25, 0.3) is 9.05 Å². The highest BCUT2D eigenvalue weighted by atomic mass is 35.7. The molecular formula is C9H12ClN3O3S. The van der Waals surface area contributed by atoms with Gasteiger partial charge in [0.15, 0.2) is 0 Å². The van der Waals surface area contributed by atoms with E-state index in [4.69, 9.17) is 10.7 Å². The minimum atomic E-state index is -3.78. The standard InChI is InChI=1S/C9H12ClN3O3S/c1-12(7-2-3-7)9(14)6-13-5-8(4-11-13)17(10,15)16/h4-5,7H,2-3,6H2,1H3. The average Bonchev–Trinajstić information content (AvgIpc) is 2.96. The van der Waals surface area contributed by atoms with Crippen LogP contribution in [0.4, 0.5) is 0 Å². The molecule has 1 fully saturated rings. The number of aromatic nitrogens is 2. The molecule has 6 nitrogen and oxygen atoms in total. The largest absolute Gasteiger partial charge is 0.341 e. The summed E-state index contributed by atoms with van der Waals surface area (Å²) in [5.74, 6) is -0.0888. The first-order valence-electron chi connectivity index (χ1n) is 5.10. The number of amides is 1. The number of nitrogens with zero attached hydrogens (tertiary/aromatic N) is 3. The molecular weight excluding hydrogens is 266 g/mol. The second-order valence-electron chi connectivity index (χ2n) is 4.05. The van der Waals surface area contributed by atoms with Crippen molar-refractivity contribution < 1.29 is 13.2 Å². The molecule has 0 saturated heterocycles. The van der Waals surface area contributed by atoms with E-state index in [1.807, 2.05) is 0 Å². The topological polar surface area (TPSA) is 72.3 Å². The first-order chi connectivity index (χ1) is 7.88. The highest BCUT2D eigenvalue weighted by Crippen LogP contribution is 2.25. The second kappa shape index (κ2) is 4.30. The van der Waals surface area contributed by atoms with Gasteiger partial charge in [0.05, 0.1) is 6.20 Å². The SMILES string of the molecule is CN(C(=O)Cn1cc(S(=O)(=O)Cl)cn1)C1CC1. The molecule has 0 aliphatic heterocycles. The summed E-state index contributed by atoms with van der Waals surface area (Å²) in [5.41, 5.74) is 0. The third-order valence-electron chi connectivity index (χ3n) is 2.68. The maximum atomic E-state index is 11.7. The fourth-order valence-corrected chi connectivity index (χ4v) is 2.13. The van der Waals surface area contributed by atoms with Gasteiger partial charge in [-0.3, -0.25) is 9.48 Å². The number of hydrogen-bond donors (Lipinski definition) is 0. The molecule has 1 aliphatic rings. The van der Waals surface area contributed by atoms with Crippen LogP contribution in [0.25, 0.3) is 0 Å². The van der Waals surface area contributed by atoms with Crippen LogP contribution in [-0.4, -0.2) is 42.1 Å². The molecule has 0 atom stereocenters. The number of halogens is 1. The molecule has 0 radical (unpaired) electrons. The van der Waals surface area contributed by atoms with Gasteiger partial charge in [-0.05, 0) is 12.8 Å². The van der Waals surface area contributed by atoms with E-state index in [-0.39, 0.29) is 17.3 Å². The highest BCUT2D eigenvalue weighted by Gasteiger charge is 2.29. The Morgan fingerprint density at radius 3 is 2.76 bits per heavy atom. The van der Waals surface area contributed by atoms with Gasteiger partial charge in [0, 0.05) is 30.0 Å². The summed E-state index contributed by atoms with van der Waals surface area (Å²) in [6, 6.07) is 0.328. The van der Waals surface area contributed by atoms with E-state index in [1.54, 1.807) is 11.9 Å². The van der Waals surface area contributed by atoms with Gasteiger partial charge >= 0.3 is 0 Å². The van der Waals surface area contributed by atoms with Crippen molar-refractivity contribution in [1.29, 1.82) is 0 Å². The molecule has 2 rings (SSSR count). The molecule has 0 N–H and O–H groups in total. The number of hydrogen-bond acceptors (Lipinski definition) is 4. The van der Waals surface area contributed by atoms with Crippen molar-refractivity contribution in [3.05, 3.63) is 12.4 Å². The third kappa shape index (κ3) is 2.98. The Balaban J connectivity index is 2.04. The zero-order valence-electron chi connectivity index (χ0n) is 9.21. The molecule has 94 valence electrons. The summed E-state index contributed by atoms with van der Waals surface area (Å²) in [6.45, 7) is 0.0272. The number of carbonyl (C=O) groups is 1. The van der Waals surface area contributed by atoms with Crippen LogP contribution >= 0.6 is 10.7 Å². The normalized spacial score (nSPS) is 15.9. The minimum absolute atomic E-state index is 0.0272. The Hall–Kier alpha value is -1.08. The van der Waals surface area contributed by atoms with Crippen molar-refractivity contribution in [3.8, 4) is 0 Å². The van der Waals surface area contributed by atoms with Crippen LogP contribution in [0.5, 0.6) is 0 Å². The Kier molecular flexibility index (Phi) is 3.13. The fraction of sp³-hybridized carbons (Fsp3) is 0.556. The Morgan fingerprint density at radius 2 is 2.29 bits per heavy atom. The van der Waals surface area contributed by atoms with Crippen molar-refractivity contribution in [1.82, 2.24) is 14.7 Å². The van der Waals surface area contributed by atoms with Crippen LogP contribution in [0, 0.1) is 0 Å². The van der Waals surface area contributed by atoms with Gasteiger partial charge in [-0.15, -0.1) is 0 Å². The molecule has 1 aromatic rings. The molecule has 0 unspecified atom stereocenters. The van der Waals surface area contributed by atoms with Crippen molar-refractivity contribution in [2.75, 3.05) is 7.05 Å². The van der Waals surface area contributed by atoms with E-state index >= 15 is 0 Å². The molecule has 1 heterocycles. The monoisotopic (exact) mass is 277 g/mol.